The molecular formula is C19H23N5OS. The van der Waals surface area contributed by atoms with E-state index in [-0.39, 0.29) is 11.2 Å². The van der Waals surface area contributed by atoms with Crippen molar-refractivity contribution in [1.29, 1.82) is 5.26 Å². The number of H-pyrrole nitrogens is 1. The number of hydrogen-bond acceptors (Lipinski definition) is 5. The van der Waals surface area contributed by atoms with E-state index in [1.807, 2.05) is 6.92 Å². The van der Waals surface area contributed by atoms with Gasteiger partial charge in [-0.1, -0.05) is 43.5 Å². The molecular weight excluding hydrogens is 346 g/mol. The van der Waals surface area contributed by atoms with Crippen molar-refractivity contribution >= 4 is 23.4 Å². The molecule has 7 heteroatoms. The third-order valence-corrected chi connectivity index (χ3v) is 5.65. The van der Waals surface area contributed by atoms with Crippen LogP contribution in [0.1, 0.15) is 50.4 Å². The average molecular weight is 369 g/mol. The highest BCUT2D eigenvalue weighted by Crippen LogP contribution is 2.28. The van der Waals surface area contributed by atoms with E-state index < -0.39 is 0 Å². The van der Waals surface area contributed by atoms with Crippen LogP contribution in [0.25, 0.3) is 0 Å². The fourth-order valence-electron chi connectivity index (χ4n) is 3.20. The van der Waals surface area contributed by atoms with E-state index in [2.05, 4.69) is 26.6 Å². The Balaban J connectivity index is 1.49. The molecule has 2 aromatic rings. The Morgan fingerprint density at radius 3 is 3.04 bits per heavy atom. The Labute approximate surface area is 157 Å². The lowest BCUT2D eigenvalue weighted by molar-refractivity contribution is -0.115. The molecule has 1 fully saturated rings. The van der Waals surface area contributed by atoms with Crippen LogP contribution in [-0.4, -0.2) is 26.3 Å². The van der Waals surface area contributed by atoms with E-state index in [9.17, 15) is 4.79 Å². The van der Waals surface area contributed by atoms with Gasteiger partial charge in [0.15, 0.2) is 0 Å². The van der Waals surface area contributed by atoms with Crippen LogP contribution < -0.4 is 5.32 Å². The number of aromatic nitrogens is 3. The fraction of sp³-hybridized carbons (Fsp3) is 0.474. The number of thioether (sulfide) groups is 1. The largest absolute Gasteiger partial charge is 0.325 e. The van der Waals surface area contributed by atoms with Crippen molar-refractivity contribution in [2.45, 2.75) is 55.9 Å². The number of amides is 1. The fourth-order valence-corrected chi connectivity index (χ4v) is 3.95. The van der Waals surface area contributed by atoms with Crippen LogP contribution in [-0.2, 0) is 11.2 Å². The second-order valence-electron chi connectivity index (χ2n) is 6.70. The molecule has 0 radical (unpaired) electrons. The summed E-state index contributed by atoms with van der Waals surface area (Å²) in [6.07, 6.45) is 7.45. The normalized spacial score (nSPS) is 15.5. The summed E-state index contributed by atoms with van der Waals surface area (Å²) in [5, 5.41) is 19.2. The van der Waals surface area contributed by atoms with E-state index in [1.165, 1.54) is 37.4 Å². The number of rotatable bonds is 7. The Hall–Kier alpha value is -2.33. The number of anilines is 1. The maximum Gasteiger partial charge on any atom is 0.237 e. The van der Waals surface area contributed by atoms with Crippen molar-refractivity contribution in [3.05, 3.63) is 35.7 Å². The molecule has 136 valence electrons. The Kier molecular flexibility index (Phi) is 6.29. The first-order valence-corrected chi connectivity index (χ1v) is 9.91. The minimum Gasteiger partial charge on any atom is -0.325 e. The minimum atomic E-state index is -0.334. The molecule has 3 rings (SSSR count). The molecule has 1 aliphatic rings. The van der Waals surface area contributed by atoms with E-state index in [1.54, 1.807) is 24.3 Å². The van der Waals surface area contributed by atoms with Crippen LogP contribution in [0.15, 0.2) is 29.4 Å². The molecule has 0 aliphatic heterocycles. The number of hydrogen-bond donors (Lipinski definition) is 2. The van der Waals surface area contributed by atoms with Gasteiger partial charge in [-0.2, -0.15) is 5.26 Å². The Morgan fingerprint density at radius 1 is 1.46 bits per heavy atom. The van der Waals surface area contributed by atoms with Gasteiger partial charge < -0.3 is 5.32 Å². The average Bonchev–Trinajstić information content (AvgIpc) is 3.31. The van der Waals surface area contributed by atoms with E-state index in [0.717, 1.165) is 24.6 Å². The first kappa shape index (κ1) is 18.5. The van der Waals surface area contributed by atoms with Gasteiger partial charge in [-0.15, -0.1) is 5.10 Å². The topological polar surface area (TPSA) is 94.5 Å². The molecule has 1 unspecified atom stereocenters. The summed E-state index contributed by atoms with van der Waals surface area (Å²) in [6, 6.07) is 8.94. The van der Waals surface area contributed by atoms with E-state index in [0.29, 0.717) is 16.4 Å². The first-order chi connectivity index (χ1) is 12.6. The van der Waals surface area contributed by atoms with Gasteiger partial charge in [-0.25, -0.2) is 4.98 Å². The zero-order valence-electron chi connectivity index (χ0n) is 14.9. The maximum atomic E-state index is 12.3. The number of benzene rings is 1. The SMILES string of the molecule is CC(Sc1n[nH]c(CCC2CCCC2)n1)C(=O)Nc1cccc(C#N)c1. The lowest BCUT2D eigenvalue weighted by Crippen LogP contribution is -2.22. The lowest BCUT2D eigenvalue weighted by atomic mass is 10.0. The predicted molar refractivity (Wildman–Crippen MR) is 102 cm³/mol. The number of aryl methyl sites for hydroxylation is 1. The van der Waals surface area contributed by atoms with E-state index in [4.69, 9.17) is 5.26 Å². The number of carbonyl (C=O) groups excluding carboxylic acids is 1. The highest BCUT2D eigenvalue weighted by molar-refractivity contribution is 8.00. The van der Waals surface area contributed by atoms with Gasteiger partial charge >= 0.3 is 0 Å². The molecule has 26 heavy (non-hydrogen) atoms. The first-order valence-electron chi connectivity index (χ1n) is 9.03. The van der Waals surface area contributed by atoms with Crippen molar-refractivity contribution in [3.8, 4) is 6.07 Å². The van der Waals surface area contributed by atoms with E-state index >= 15 is 0 Å². The van der Waals surface area contributed by atoms with Crippen LogP contribution in [0.3, 0.4) is 0 Å². The number of nitrogens with one attached hydrogen (secondary N) is 2. The van der Waals surface area contributed by atoms with Crippen molar-refractivity contribution in [2.24, 2.45) is 5.92 Å². The Morgan fingerprint density at radius 2 is 2.27 bits per heavy atom. The molecule has 1 aliphatic carbocycles. The molecule has 1 aromatic heterocycles. The molecule has 1 atom stereocenters. The van der Waals surface area contributed by atoms with Gasteiger partial charge in [0, 0.05) is 12.1 Å². The monoisotopic (exact) mass is 369 g/mol. The summed E-state index contributed by atoms with van der Waals surface area (Å²) in [7, 11) is 0. The molecule has 0 saturated heterocycles. The molecule has 0 bridgehead atoms. The molecule has 1 saturated carbocycles. The van der Waals surface area contributed by atoms with Gasteiger partial charge in [0.25, 0.3) is 0 Å². The van der Waals surface area contributed by atoms with Crippen LogP contribution in [0.2, 0.25) is 0 Å². The highest BCUT2D eigenvalue weighted by Gasteiger charge is 2.19. The third kappa shape index (κ3) is 5.09. The lowest BCUT2D eigenvalue weighted by Gasteiger charge is -2.10. The van der Waals surface area contributed by atoms with Gasteiger partial charge in [-0.05, 0) is 37.5 Å². The summed E-state index contributed by atoms with van der Waals surface area (Å²) in [4.78, 5) is 16.8. The number of nitriles is 1. The summed E-state index contributed by atoms with van der Waals surface area (Å²) >= 11 is 1.33. The second kappa shape index (κ2) is 8.86. The molecule has 1 amide bonds. The summed E-state index contributed by atoms with van der Waals surface area (Å²) in [5.74, 6) is 1.58. The molecule has 2 N–H and O–H groups in total. The van der Waals surface area contributed by atoms with Crippen LogP contribution in [0.4, 0.5) is 5.69 Å². The molecule has 1 aromatic carbocycles. The number of carbonyl (C=O) groups is 1. The Bertz CT molecular complexity index is 791. The van der Waals surface area contributed by atoms with Gasteiger partial charge in [0.05, 0.1) is 16.9 Å². The summed E-state index contributed by atoms with van der Waals surface area (Å²) < 4.78 is 0. The maximum absolute atomic E-state index is 12.3. The van der Waals surface area contributed by atoms with Gasteiger partial charge in [0.2, 0.25) is 11.1 Å². The smallest absolute Gasteiger partial charge is 0.237 e. The second-order valence-corrected chi connectivity index (χ2v) is 8.00. The quantitative estimate of drug-likeness (QED) is 0.721. The predicted octanol–water partition coefficient (Wildman–Crippen LogP) is 3.92. The standard InChI is InChI=1S/C19H23N5OS/c1-13(18(25)21-16-8-4-7-15(11-16)12-20)26-19-22-17(23-24-19)10-9-14-5-2-3-6-14/h4,7-8,11,13-14H,2-3,5-6,9-10H2,1H3,(H,21,25)(H,22,23,24). The molecule has 6 nitrogen and oxygen atoms in total. The highest BCUT2D eigenvalue weighted by atomic mass is 32.2. The number of nitrogens with zero attached hydrogens (tertiary/aromatic N) is 3. The number of aromatic amines is 1. The van der Waals surface area contributed by atoms with Gasteiger partial charge in [-0.3, -0.25) is 9.89 Å². The minimum absolute atomic E-state index is 0.137. The van der Waals surface area contributed by atoms with Crippen molar-refractivity contribution in [2.75, 3.05) is 5.32 Å². The zero-order valence-corrected chi connectivity index (χ0v) is 15.7. The summed E-state index contributed by atoms with van der Waals surface area (Å²) in [6.45, 7) is 1.82. The summed E-state index contributed by atoms with van der Waals surface area (Å²) in [5.41, 5.74) is 1.14. The molecule has 1 heterocycles. The van der Waals surface area contributed by atoms with Crippen molar-refractivity contribution in [1.82, 2.24) is 15.2 Å². The van der Waals surface area contributed by atoms with Gasteiger partial charge in [0.1, 0.15) is 5.82 Å². The van der Waals surface area contributed by atoms with Crippen LogP contribution in [0.5, 0.6) is 0 Å². The molecule has 0 spiro atoms. The van der Waals surface area contributed by atoms with Crippen molar-refractivity contribution < 1.29 is 4.79 Å². The third-order valence-electron chi connectivity index (χ3n) is 4.69. The van der Waals surface area contributed by atoms with Crippen LogP contribution >= 0.6 is 11.8 Å². The van der Waals surface area contributed by atoms with Crippen molar-refractivity contribution in [3.63, 3.8) is 0 Å². The van der Waals surface area contributed by atoms with Crippen LogP contribution in [0, 0.1) is 17.2 Å². The zero-order chi connectivity index (χ0) is 18.4.